The van der Waals surface area contributed by atoms with Crippen molar-refractivity contribution in [2.24, 2.45) is 0 Å². The van der Waals surface area contributed by atoms with E-state index in [2.05, 4.69) is 16.0 Å². The van der Waals surface area contributed by atoms with Gasteiger partial charge in [-0.25, -0.2) is 4.39 Å². The Labute approximate surface area is 213 Å². The van der Waals surface area contributed by atoms with Gasteiger partial charge in [0.05, 0.1) is 11.3 Å². The van der Waals surface area contributed by atoms with Crippen molar-refractivity contribution in [1.29, 1.82) is 0 Å². The molecule has 4 aromatic rings. The molecule has 7 nitrogen and oxygen atoms in total. The molecule has 0 aliphatic carbocycles. The van der Waals surface area contributed by atoms with E-state index >= 15 is 0 Å². The van der Waals surface area contributed by atoms with Crippen molar-refractivity contribution in [3.8, 4) is 5.75 Å². The fraction of sp³-hybridized carbons (Fsp3) is 0.0690. The summed E-state index contributed by atoms with van der Waals surface area (Å²) in [7, 11) is 0. The van der Waals surface area contributed by atoms with Crippen molar-refractivity contribution < 1.29 is 23.5 Å². The number of halogens is 1. The Hall–Kier alpha value is -4.98. The number of hydrogen-bond acceptors (Lipinski definition) is 4. The Morgan fingerprint density at radius 3 is 2.00 bits per heavy atom. The number of para-hydroxylation sites is 2. The Kier molecular flexibility index (Phi) is 7.90. The monoisotopic (exact) mass is 497 g/mol. The third kappa shape index (κ3) is 6.37. The van der Waals surface area contributed by atoms with Crippen molar-refractivity contribution in [3.63, 3.8) is 0 Å². The van der Waals surface area contributed by atoms with Crippen LogP contribution in [-0.4, -0.2) is 24.3 Å². The number of amides is 3. The molecule has 0 aromatic heterocycles. The molecule has 0 spiro atoms. The summed E-state index contributed by atoms with van der Waals surface area (Å²) in [5.41, 5.74) is 2.49. The summed E-state index contributed by atoms with van der Waals surface area (Å²) in [5, 5.41) is 8.13. The minimum atomic E-state index is -0.571. The second-order valence-corrected chi connectivity index (χ2v) is 8.07. The lowest BCUT2D eigenvalue weighted by Crippen LogP contribution is -2.22. The zero-order valence-electron chi connectivity index (χ0n) is 20.0. The fourth-order valence-corrected chi connectivity index (χ4v) is 3.55. The van der Waals surface area contributed by atoms with Crippen molar-refractivity contribution in [2.75, 3.05) is 22.6 Å². The highest BCUT2D eigenvalue weighted by Gasteiger charge is 2.16. The molecule has 0 aliphatic heterocycles. The Morgan fingerprint density at radius 1 is 0.676 bits per heavy atom. The first-order valence-corrected chi connectivity index (χ1v) is 11.5. The van der Waals surface area contributed by atoms with E-state index in [1.165, 1.54) is 18.2 Å². The summed E-state index contributed by atoms with van der Waals surface area (Å²) in [4.78, 5) is 37.9. The van der Waals surface area contributed by atoms with E-state index in [0.717, 1.165) is 0 Å². The Bertz CT molecular complexity index is 1440. The molecule has 0 atom stereocenters. The average molecular weight is 498 g/mol. The lowest BCUT2D eigenvalue weighted by molar-refractivity contribution is -0.118. The van der Waals surface area contributed by atoms with Crippen LogP contribution < -0.4 is 20.7 Å². The molecule has 3 amide bonds. The van der Waals surface area contributed by atoms with Crippen LogP contribution in [0.15, 0.2) is 97.1 Å². The van der Waals surface area contributed by atoms with Gasteiger partial charge < -0.3 is 20.7 Å². The average Bonchev–Trinajstić information content (AvgIpc) is 2.91. The Morgan fingerprint density at radius 2 is 1.27 bits per heavy atom. The van der Waals surface area contributed by atoms with Crippen LogP contribution >= 0.6 is 0 Å². The normalized spacial score (nSPS) is 10.3. The molecule has 8 heteroatoms. The number of carbonyl (C=O) groups excluding carboxylic acids is 3. The number of hydrogen-bond donors (Lipinski definition) is 3. The fourth-order valence-electron chi connectivity index (χ4n) is 3.55. The van der Waals surface area contributed by atoms with E-state index in [1.54, 1.807) is 79.7 Å². The van der Waals surface area contributed by atoms with Crippen molar-refractivity contribution in [3.05, 3.63) is 120 Å². The summed E-state index contributed by atoms with van der Waals surface area (Å²) < 4.78 is 19.3. The number of rotatable bonds is 8. The first-order valence-electron chi connectivity index (χ1n) is 11.5. The molecule has 0 aliphatic rings. The summed E-state index contributed by atoms with van der Waals surface area (Å²) in [6.07, 6.45) is 0. The highest BCUT2D eigenvalue weighted by atomic mass is 19.1. The first-order chi connectivity index (χ1) is 17.9. The van der Waals surface area contributed by atoms with Gasteiger partial charge in [0, 0.05) is 16.9 Å². The topological polar surface area (TPSA) is 96.5 Å². The minimum absolute atomic E-state index is 0.0387. The van der Waals surface area contributed by atoms with Gasteiger partial charge in [0.1, 0.15) is 11.6 Å². The highest BCUT2D eigenvalue weighted by Crippen LogP contribution is 2.26. The highest BCUT2D eigenvalue weighted by molar-refractivity contribution is 6.08. The van der Waals surface area contributed by atoms with Crippen LogP contribution in [0.1, 0.15) is 26.3 Å². The molecule has 186 valence electrons. The molecule has 0 saturated heterocycles. The van der Waals surface area contributed by atoms with Gasteiger partial charge in [-0.15, -0.1) is 0 Å². The van der Waals surface area contributed by atoms with E-state index in [4.69, 9.17) is 4.74 Å². The van der Waals surface area contributed by atoms with Gasteiger partial charge in [0.2, 0.25) is 0 Å². The van der Waals surface area contributed by atoms with Gasteiger partial charge in [-0.3, -0.25) is 14.4 Å². The predicted molar refractivity (Wildman–Crippen MR) is 140 cm³/mol. The molecule has 37 heavy (non-hydrogen) atoms. The molecule has 0 heterocycles. The number of benzene rings is 4. The molecule has 3 N–H and O–H groups in total. The molecular formula is C29H24FN3O4. The maximum Gasteiger partial charge on any atom is 0.262 e. The molecular weight excluding hydrogens is 473 g/mol. The largest absolute Gasteiger partial charge is 0.483 e. The second kappa shape index (κ2) is 11.6. The predicted octanol–water partition coefficient (Wildman–Crippen LogP) is 5.66. The van der Waals surface area contributed by atoms with Crippen LogP contribution in [0.3, 0.4) is 0 Å². The summed E-state index contributed by atoms with van der Waals surface area (Å²) in [6, 6.07) is 26.3. The van der Waals surface area contributed by atoms with Crippen molar-refractivity contribution in [1.82, 2.24) is 0 Å². The van der Waals surface area contributed by atoms with Gasteiger partial charge in [-0.05, 0) is 61.0 Å². The van der Waals surface area contributed by atoms with Crippen LogP contribution in [0.4, 0.5) is 21.5 Å². The lowest BCUT2D eigenvalue weighted by Gasteiger charge is -2.15. The minimum Gasteiger partial charge on any atom is -0.483 e. The van der Waals surface area contributed by atoms with Crippen LogP contribution in [0.2, 0.25) is 0 Å². The van der Waals surface area contributed by atoms with Gasteiger partial charge in [0.25, 0.3) is 17.7 Å². The van der Waals surface area contributed by atoms with Crippen LogP contribution in [0.5, 0.6) is 5.75 Å². The molecule has 4 rings (SSSR count). The molecule has 0 radical (unpaired) electrons. The zero-order chi connectivity index (χ0) is 26.2. The number of ether oxygens (including phenoxy) is 1. The van der Waals surface area contributed by atoms with E-state index < -0.39 is 24.2 Å². The van der Waals surface area contributed by atoms with Gasteiger partial charge in [0.15, 0.2) is 6.61 Å². The number of anilines is 3. The van der Waals surface area contributed by atoms with Crippen LogP contribution in [-0.2, 0) is 4.79 Å². The van der Waals surface area contributed by atoms with Gasteiger partial charge in [-0.2, -0.15) is 0 Å². The Balaban J connectivity index is 1.43. The number of nitrogens with one attached hydrogen (secondary N) is 3. The maximum atomic E-state index is 13.8. The molecule has 4 aromatic carbocycles. The summed E-state index contributed by atoms with van der Waals surface area (Å²) in [6.45, 7) is 1.37. The van der Waals surface area contributed by atoms with Crippen LogP contribution in [0.25, 0.3) is 0 Å². The van der Waals surface area contributed by atoms with Crippen molar-refractivity contribution in [2.45, 2.75) is 6.92 Å². The molecule has 0 saturated carbocycles. The summed E-state index contributed by atoms with van der Waals surface area (Å²) >= 11 is 0. The van der Waals surface area contributed by atoms with E-state index in [-0.39, 0.29) is 22.9 Å². The maximum absolute atomic E-state index is 13.8. The molecule has 0 bridgehead atoms. The standard InChI is InChI=1S/C29H24FN3O4/c1-19-23(32-28(35)20-10-3-2-4-11-20)15-9-16-24(19)33-29(36)21-12-5-8-17-26(21)37-18-27(34)31-25-14-7-6-13-22(25)30/h2-17H,18H2,1H3,(H,31,34)(H,32,35)(H,33,36). The summed E-state index contributed by atoms with van der Waals surface area (Å²) in [5.74, 6) is -1.67. The third-order valence-electron chi connectivity index (χ3n) is 5.50. The van der Waals surface area contributed by atoms with Crippen molar-refractivity contribution >= 4 is 34.8 Å². The van der Waals surface area contributed by atoms with E-state index in [9.17, 15) is 18.8 Å². The molecule has 0 fully saturated rings. The van der Waals surface area contributed by atoms with Gasteiger partial charge >= 0.3 is 0 Å². The third-order valence-corrected chi connectivity index (χ3v) is 5.50. The van der Waals surface area contributed by atoms with E-state index in [1.807, 2.05) is 6.07 Å². The van der Waals surface area contributed by atoms with Crippen LogP contribution in [0, 0.1) is 12.7 Å². The smallest absolute Gasteiger partial charge is 0.262 e. The van der Waals surface area contributed by atoms with Gasteiger partial charge in [-0.1, -0.05) is 48.5 Å². The molecule has 0 unspecified atom stereocenters. The second-order valence-electron chi connectivity index (χ2n) is 8.07. The lowest BCUT2D eigenvalue weighted by atomic mass is 10.1. The SMILES string of the molecule is Cc1c(NC(=O)c2ccccc2)cccc1NC(=O)c1ccccc1OCC(=O)Nc1ccccc1F. The quantitative estimate of drug-likeness (QED) is 0.293. The zero-order valence-corrected chi connectivity index (χ0v) is 20.0. The number of carbonyl (C=O) groups is 3. The first kappa shape index (κ1) is 25.1. The van der Waals surface area contributed by atoms with E-state index in [0.29, 0.717) is 22.5 Å².